The molecular weight excluding hydrogens is 290 g/mol. The Hall–Kier alpha value is -1.60. The van der Waals surface area contributed by atoms with Gasteiger partial charge in [0.1, 0.15) is 4.90 Å². The van der Waals surface area contributed by atoms with Gasteiger partial charge >= 0.3 is 0 Å². The van der Waals surface area contributed by atoms with Crippen molar-refractivity contribution in [3.63, 3.8) is 0 Å². The molecular formula is C14H23N3O3S. The van der Waals surface area contributed by atoms with Gasteiger partial charge in [-0.3, -0.25) is 4.79 Å². The van der Waals surface area contributed by atoms with Crippen molar-refractivity contribution in [1.29, 1.82) is 0 Å². The molecule has 1 unspecified atom stereocenters. The smallest absolute Gasteiger partial charge is 0.242 e. The predicted octanol–water partition coefficient (Wildman–Crippen LogP) is 1.16. The SMILES string of the molecule is CCC(C)NC(=O)CCNS(=O)(=O)c1c(C)cccc1N. The monoisotopic (exact) mass is 313 g/mol. The van der Waals surface area contributed by atoms with Crippen LogP contribution < -0.4 is 15.8 Å². The van der Waals surface area contributed by atoms with E-state index in [1.54, 1.807) is 19.1 Å². The molecule has 0 saturated heterocycles. The molecule has 0 saturated carbocycles. The summed E-state index contributed by atoms with van der Waals surface area (Å²) in [6.07, 6.45) is 0.923. The van der Waals surface area contributed by atoms with Crippen LogP contribution in [-0.4, -0.2) is 26.9 Å². The molecule has 6 nitrogen and oxygen atoms in total. The number of hydrogen-bond donors (Lipinski definition) is 3. The minimum Gasteiger partial charge on any atom is -0.398 e. The van der Waals surface area contributed by atoms with Crippen LogP contribution in [0.1, 0.15) is 32.3 Å². The predicted molar refractivity (Wildman–Crippen MR) is 83.3 cm³/mol. The molecule has 0 spiro atoms. The van der Waals surface area contributed by atoms with E-state index in [0.29, 0.717) is 5.56 Å². The zero-order valence-corrected chi connectivity index (χ0v) is 13.5. The lowest BCUT2D eigenvalue weighted by molar-refractivity contribution is -0.121. The van der Waals surface area contributed by atoms with Crippen LogP contribution >= 0.6 is 0 Å². The van der Waals surface area contributed by atoms with E-state index in [0.717, 1.165) is 6.42 Å². The summed E-state index contributed by atoms with van der Waals surface area (Å²) in [5.74, 6) is -0.176. The standard InChI is InChI=1S/C14H23N3O3S/c1-4-11(3)17-13(18)8-9-16-21(19,20)14-10(2)6-5-7-12(14)15/h5-7,11,16H,4,8-9,15H2,1-3H3,(H,17,18). The number of rotatable bonds is 7. The van der Waals surface area contributed by atoms with Crippen molar-refractivity contribution in [2.24, 2.45) is 0 Å². The highest BCUT2D eigenvalue weighted by Crippen LogP contribution is 2.21. The number of amides is 1. The van der Waals surface area contributed by atoms with Gasteiger partial charge in [-0.25, -0.2) is 13.1 Å². The second-order valence-corrected chi connectivity index (χ2v) is 6.72. The summed E-state index contributed by atoms with van der Waals surface area (Å²) in [6, 6.07) is 5.00. The van der Waals surface area contributed by atoms with E-state index in [1.165, 1.54) is 6.07 Å². The maximum atomic E-state index is 12.2. The number of aryl methyl sites for hydroxylation is 1. The summed E-state index contributed by atoms with van der Waals surface area (Å²) in [5.41, 5.74) is 6.50. The molecule has 0 fully saturated rings. The number of hydrogen-bond acceptors (Lipinski definition) is 4. The van der Waals surface area contributed by atoms with Gasteiger partial charge in [0.05, 0.1) is 5.69 Å². The zero-order chi connectivity index (χ0) is 16.0. The van der Waals surface area contributed by atoms with E-state index in [4.69, 9.17) is 5.73 Å². The van der Waals surface area contributed by atoms with Crippen LogP contribution in [0, 0.1) is 6.92 Å². The Balaban J connectivity index is 2.64. The molecule has 1 amide bonds. The minimum atomic E-state index is -3.71. The number of anilines is 1. The van der Waals surface area contributed by atoms with Crippen molar-refractivity contribution in [2.45, 2.75) is 44.6 Å². The lowest BCUT2D eigenvalue weighted by Crippen LogP contribution is -2.35. The van der Waals surface area contributed by atoms with Crippen LogP contribution in [0.5, 0.6) is 0 Å². The number of nitrogens with two attached hydrogens (primary N) is 1. The van der Waals surface area contributed by atoms with Gasteiger partial charge in [-0.15, -0.1) is 0 Å². The minimum absolute atomic E-state index is 0.0401. The van der Waals surface area contributed by atoms with Crippen LogP contribution in [0.3, 0.4) is 0 Å². The zero-order valence-electron chi connectivity index (χ0n) is 12.6. The molecule has 118 valence electrons. The fourth-order valence-electron chi connectivity index (χ4n) is 1.86. The van der Waals surface area contributed by atoms with Gasteiger partial charge in [0.15, 0.2) is 0 Å². The molecule has 1 aromatic rings. The lowest BCUT2D eigenvalue weighted by atomic mass is 10.2. The van der Waals surface area contributed by atoms with Crippen molar-refractivity contribution in [1.82, 2.24) is 10.0 Å². The topological polar surface area (TPSA) is 101 Å². The van der Waals surface area contributed by atoms with Gasteiger partial charge < -0.3 is 11.1 Å². The molecule has 1 atom stereocenters. The number of sulfonamides is 1. The third kappa shape index (κ3) is 5.02. The van der Waals surface area contributed by atoms with E-state index in [-0.39, 0.29) is 35.5 Å². The third-order valence-electron chi connectivity index (χ3n) is 3.17. The molecule has 0 aliphatic rings. The maximum absolute atomic E-state index is 12.2. The highest BCUT2D eigenvalue weighted by atomic mass is 32.2. The number of benzene rings is 1. The molecule has 7 heteroatoms. The Bertz CT molecular complexity index is 579. The number of nitrogens with one attached hydrogen (secondary N) is 2. The van der Waals surface area contributed by atoms with Gasteiger partial charge in [-0.2, -0.15) is 0 Å². The second kappa shape index (κ2) is 7.42. The quantitative estimate of drug-likeness (QED) is 0.657. The first-order valence-electron chi connectivity index (χ1n) is 6.92. The Kier molecular flexibility index (Phi) is 6.17. The van der Waals surface area contributed by atoms with Gasteiger partial charge in [0, 0.05) is 19.0 Å². The van der Waals surface area contributed by atoms with E-state index < -0.39 is 10.0 Å². The van der Waals surface area contributed by atoms with Crippen molar-refractivity contribution in [3.8, 4) is 0 Å². The van der Waals surface area contributed by atoms with E-state index in [9.17, 15) is 13.2 Å². The van der Waals surface area contributed by atoms with Crippen LogP contribution in [0.15, 0.2) is 23.1 Å². The number of carbonyl (C=O) groups excluding carboxylic acids is 1. The highest BCUT2D eigenvalue weighted by molar-refractivity contribution is 7.89. The summed E-state index contributed by atoms with van der Waals surface area (Å²) in [5, 5.41) is 2.78. The average molecular weight is 313 g/mol. The second-order valence-electron chi connectivity index (χ2n) is 5.02. The van der Waals surface area contributed by atoms with E-state index in [1.807, 2.05) is 13.8 Å². The van der Waals surface area contributed by atoms with E-state index >= 15 is 0 Å². The van der Waals surface area contributed by atoms with Crippen LogP contribution in [0.25, 0.3) is 0 Å². The largest absolute Gasteiger partial charge is 0.398 e. The van der Waals surface area contributed by atoms with Crippen LogP contribution in [0.2, 0.25) is 0 Å². The van der Waals surface area contributed by atoms with Gasteiger partial charge in [-0.1, -0.05) is 19.1 Å². The van der Waals surface area contributed by atoms with Gasteiger partial charge in [0.2, 0.25) is 15.9 Å². The first-order valence-corrected chi connectivity index (χ1v) is 8.40. The molecule has 0 aromatic heterocycles. The normalized spacial score (nSPS) is 12.9. The lowest BCUT2D eigenvalue weighted by Gasteiger charge is -2.13. The van der Waals surface area contributed by atoms with E-state index in [2.05, 4.69) is 10.0 Å². The molecule has 1 aromatic carbocycles. The molecule has 0 radical (unpaired) electrons. The Morgan fingerprint density at radius 1 is 1.38 bits per heavy atom. The summed E-state index contributed by atoms with van der Waals surface area (Å²) >= 11 is 0. The van der Waals surface area contributed by atoms with Gasteiger partial charge in [0.25, 0.3) is 0 Å². The molecule has 1 rings (SSSR count). The number of nitrogen functional groups attached to an aromatic ring is 1. The van der Waals surface area contributed by atoms with Crippen LogP contribution in [-0.2, 0) is 14.8 Å². The van der Waals surface area contributed by atoms with Crippen LogP contribution in [0.4, 0.5) is 5.69 Å². The third-order valence-corrected chi connectivity index (χ3v) is 4.85. The highest BCUT2D eigenvalue weighted by Gasteiger charge is 2.19. The average Bonchev–Trinajstić information content (AvgIpc) is 2.37. The first-order chi connectivity index (χ1) is 9.77. The van der Waals surface area contributed by atoms with Crippen molar-refractivity contribution in [2.75, 3.05) is 12.3 Å². The molecule has 0 bridgehead atoms. The summed E-state index contributed by atoms with van der Waals surface area (Å²) in [6.45, 7) is 5.59. The first kappa shape index (κ1) is 17.5. The Labute approximate surface area is 126 Å². The summed E-state index contributed by atoms with van der Waals surface area (Å²) < 4.78 is 26.8. The van der Waals surface area contributed by atoms with Gasteiger partial charge in [-0.05, 0) is 31.9 Å². The maximum Gasteiger partial charge on any atom is 0.242 e. The fraction of sp³-hybridized carbons (Fsp3) is 0.500. The molecule has 0 aliphatic carbocycles. The molecule has 21 heavy (non-hydrogen) atoms. The summed E-state index contributed by atoms with van der Waals surface area (Å²) in [4.78, 5) is 11.7. The van der Waals surface area contributed by atoms with Crippen molar-refractivity contribution >= 4 is 21.6 Å². The number of carbonyl (C=O) groups is 1. The summed E-state index contributed by atoms with van der Waals surface area (Å²) in [7, 11) is -3.71. The van der Waals surface area contributed by atoms with Crippen molar-refractivity contribution < 1.29 is 13.2 Å². The molecule has 4 N–H and O–H groups in total. The fourth-order valence-corrected chi connectivity index (χ4v) is 3.25. The van der Waals surface area contributed by atoms with Crippen molar-refractivity contribution in [3.05, 3.63) is 23.8 Å². The molecule has 0 heterocycles. The molecule has 0 aliphatic heterocycles. The Morgan fingerprint density at radius 3 is 2.62 bits per heavy atom. The Morgan fingerprint density at radius 2 is 2.05 bits per heavy atom.